The molecule has 2 heterocycles. The molecule has 2 aromatic rings. The second-order valence-corrected chi connectivity index (χ2v) is 5.28. The SMILES string of the molecule is CCC1=C(C(=O)OC)C(c2ccc(Cl)cc2)n2ncnc2N1. The molecule has 0 saturated heterocycles. The molecule has 0 bridgehead atoms. The molecule has 1 aromatic carbocycles. The van der Waals surface area contributed by atoms with Gasteiger partial charge in [0.2, 0.25) is 5.95 Å². The quantitative estimate of drug-likeness (QED) is 0.881. The van der Waals surface area contributed by atoms with Crippen molar-refractivity contribution in [3.63, 3.8) is 0 Å². The number of carbonyl (C=O) groups excluding carboxylic acids is 1. The fourth-order valence-electron chi connectivity index (χ4n) is 2.59. The third-order valence-corrected chi connectivity index (χ3v) is 3.88. The molecule has 0 amide bonds. The van der Waals surface area contributed by atoms with Crippen molar-refractivity contribution in [3.05, 3.63) is 52.4 Å². The van der Waals surface area contributed by atoms with E-state index in [-0.39, 0.29) is 5.97 Å². The van der Waals surface area contributed by atoms with Gasteiger partial charge in [-0.05, 0) is 24.1 Å². The zero-order chi connectivity index (χ0) is 15.7. The van der Waals surface area contributed by atoms with Gasteiger partial charge in [0.05, 0.1) is 12.7 Å². The fraction of sp³-hybridized carbons (Fsp3) is 0.267. The first kappa shape index (κ1) is 14.6. The lowest BCUT2D eigenvalue weighted by molar-refractivity contribution is -0.136. The Morgan fingerprint density at radius 3 is 2.77 bits per heavy atom. The molecule has 114 valence electrons. The molecule has 7 heteroatoms. The molecular weight excluding hydrogens is 304 g/mol. The Balaban J connectivity index is 2.19. The number of hydrogen-bond donors (Lipinski definition) is 1. The topological polar surface area (TPSA) is 69.0 Å². The largest absolute Gasteiger partial charge is 0.466 e. The van der Waals surface area contributed by atoms with Crippen LogP contribution in [0.25, 0.3) is 0 Å². The lowest BCUT2D eigenvalue weighted by Crippen LogP contribution is -2.29. The summed E-state index contributed by atoms with van der Waals surface area (Å²) in [6.07, 6.45) is 2.11. The highest BCUT2D eigenvalue weighted by Crippen LogP contribution is 2.36. The Kier molecular flexibility index (Phi) is 3.85. The highest BCUT2D eigenvalue weighted by Gasteiger charge is 2.34. The summed E-state index contributed by atoms with van der Waals surface area (Å²) in [5.74, 6) is 0.218. The van der Waals surface area contributed by atoms with Crippen molar-refractivity contribution in [2.45, 2.75) is 19.4 Å². The van der Waals surface area contributed by atoms with Crippen molar-refractivity contribution in [1.82, 2.24) is 14.8 Å². The van der Waals surface area contributed by atoms with Crippen molar-refractivity contribution in [1.29, 1.82) is 0 Å². The molecule has 1 atom stereocenters. The highest BCUT2D eigenvalue weighted by molar-refractivity contribution is 6.30. The summed E-state index contributed by atoms with van der Waals surface area (Å²) in [4.78, 5) is 16.5. The van der Waals surface area contributed by atoms with Crippen molar-refractivity contribution in [2.75, 3.05) is 12.4 Å². The van der Waals surface area contributed by atoms with E-state index in [0.29, 0.717) is 23.0 Å². The van der Waals surface area contributed by atoms with Gasteiger partial charge in [-0.1, -0.05) is 30.7 Å². The number of fused-ring (bicyclic) bond motifs is 1. The van der Waals surface area contributed by atoms with Crippen LogP contribution >= 0.6 is 11.6 Å². The first-order valence-corrected chi connectivity index (χ1v) is 7.26. The Hall–Kier alpha value is -2.34. The van der Waals surface area contributed by atoms with Crippen LogP contribution in [0.2, 0.25) is 5.02 Å². The summed E-state index contributed by atoms with van der Waals surface area (Å²) >= 11 is 5.96. The standard InChI is InChI=1S/C15H15ClN4O2/c1-3-11-12(14(21)22-2)13(9-4-6-10(16)7-5-9)20-15(19-11)17-8-18-20/h4-8,13H,3H2,1-2H3,(H,17,18,19). The smallest absolute Gasteiger partial charge is 0.338 e. The van der Waals surface area contributed by atoms with E-state index in [1.165, 1.54) is 13.4 Å². The maximum atomic E-state index is 12.3. The molecule has 0 radical (unpaired) electrons. The van der Waals surface area contributed by atoms with Crippen LogP contribution in [0.15, 0.2) is 41.9 Å². The number of benzene rings is 1. The molecule has 3 rings (SSSR count). The van der Waals surface area contributed by atoms with Crippen molar-refractivity contribution in [2.24, 2.45) is 0 Å². The number of esters is 1. The van der Waals surface area contributed by atoms with Gasteiger partial charge in [0, 0.05) is 10.7 Å². The maximum absolute atomic E-state index is 12.3. The number of nitrogens with zero attached hydrogens (tertiary/aromatic N) is 3. The summed E-state index contributed by atoms with van der Waals surface area (Å²) in [5, 5.41) is 8.02. The minimum atomic E-state index is -0.390. The van der Waals surface area contributed by atoms with E-state index < -0.39 is 6.04 Å². The molecule has 1 aliphatic heterocycles. The number of anilines is 1. The second-order valence-electron chi connectivity index (χ2n) is 4.84. The van der Waals surface area contributed by atoms with Gasteiger partial charge in [-0.25, -0.2) is 9.48 Å². The number of aromatic nitrogens is 3. The number of halogens is 1. The van der Waals surface area contributed by atoms with Gasteiger partial charge in [-0.2, -0.15) is 10.1 Å². The molecule has 0 spiro atoms. The molecular formula is C15H15ClN4O2. The molecule has 6 nitrogen and oxygen atoms in total. The average molecular weight is 319 g/mol. The van der Waals surface area contributed by atoms with Crippen LogP contribution in [0.3, 0.4) is 0 Å². The number of nitrogens with one attached hydrogen (secondary N) is 1. The molecule has 0 saturated carbocycles. The van der Waals surface area contributed by atoms with E-state index in [4.69, 9.17) is 16.3 Å². The molecule has 1 N–H and O–H groups in total. The molecule has 1 aliphatic rings. The van der Waals surface area contributed by atoms with Crippen LogP contribution in [-0.2, 0) is 9.53 Å². The molecule has 1 unspecified atom stereocenters. The number of rotatable bonds is 3. The Labute approximate surface area is 132 Å². The van der Waals surface area contributed by atoms with Crippen LogP contribution in [0.1, 0.15) is 24.9 Å². The van der Waals surface area contributed by atoms with E-state index in [9.17, 15) is 4.79 Å². The van der Waals surface area contributed by atoms with Gasteiger partial charge in [-0.3, -0.25) is 0 Å². The van der Waals surface area contributed by atoms with Crippen molar-refractivity contribution < 1.29 is 9.53 Å². The summed E-state index contributed by atoms with van der Waals surface area (Å²) < 4.78 is 6.64. The normalized spacial score (nSPS) is 17.0. The molecule has 1 aromatic heterocycles. The molecule has 0 aliphatic carbocycles. The third-order valence-electron chi connectivity index (χ3n) is 3.62. The summed E-state index contributed by atoms with van der Waals surface area (Å²) in [5.41, 5.74) is 2.21. The van der Waals surface area contributed by atoms with Gasteiger partial charge < -0.3 is 10.1 Å². The number of methoxy groups -OCH3 is 1. The summed E-state index contributed by atoms with van der Waals surface area (Å²) in [6.45, 7) is 1.97. The van der Waals surface area contributed by atoms with E-state index in [0.717, 1.165) is 11.3 Å². The van der Waals surface area contributed by atoms with E-state index >= 15 is 0 Å². The summed E-state index contributed by atoms with van der Waals surface area (Å²) in [6, 6.07) is 6.94. The Morgan fingerprint density at radius 1 is 1.41 bits per heavy atom. The van der Waals surface area contributed by atoms with Crippen LogP contribution < -0.4 is 5.32 Å². The molecule has 0 fully saturated rings. The number of hydrogen-bond acceptors (Lipinski definition) is 5. The monoisotopic (exact) mass is 318 g/mol. The first-order chi connectivity index (χ1) is 10.7. The van der Waals surface area contributed by atoms with Gasteiger partial charge in [0.15, 0.2) is 0 Å². The summed E-state index contributed by atoms with van der Waals surface area (Å²) in [7, 11) is 1.37. The minimum Gasteiger partial charge on any atom is -0.466 e. The predicted molar refractivity (Wildman–Crippen MR) is 82.6 cm³/mol. The van der Waals surface area contributed by atoms with E-state index in [1.807, 2.05) is 19.1 Å². The zero-order valence-electron chi connectivity index (χ0n) is 12.2. The number of carbonyl (C=O) groups is 1. The van der Waals surface area contributed by atoms with Gasteiger partial charge >= 0.3 is 5.97 Å². The third kappa shape index (κ3) is 2.35. The van der Waals surface area contributed by atoms with Crippen LogP contribution in [0.5, 0.6) is 0 Å². The Bertz CT molecular complexity index is 736. The van der Waals surface area contributed by atoms with Crippen molar-refractivity contribution >= 4 is 23.5 Å². The fourth-order valence-corrected chi connectivity index (χ4v) is 2.72. The highest BCUT2D eigenvalue weighted by atomic mass is 35.5. The first-order valence-electron chi connectivity index (χ1n) is 6.89. The van der Waals surface area contributed by atoms with Crippen molar-refractivity contribution in [3.8, 4) is 0 Å². The van der Waals surface area contributed by atoms with E-state index in [1.54, 1.807) is 16.8 Å². The second kappa shape index (κ2) is 5.81. The van der Waals surface area contributed by atoms with Gasteiger partial charge in [0.1, 0.15) is 12.4 Å². The van der Waals surface area contributed by atoms with E-state index in [2.05, 4.69) is 15.4 Å². The number of ether oxygens (including phenoxy) is 1. The maximum Gasteiger partial charge on any atom is 0.338 e. The lowest BCUT2D eigenvalue weighted by Gasteiger charge is -2.28. The zero-order valence-corrected chi connectivity index (χ0v) is 13.0. The average Bonchev–Trinajstić information content (AvgIpc) is 3.01. The molecule has 22 heavy (non-hydrogen) atoms. The minimum absolute atomic E-state index is 0.384. The van der Waals surface area contributed by atoms with Crippen LogP contribution in [0.4, 0.5) is 5.95 Å². The Morgan fingerprint density at radius 2 is 2.14 bits per heavy atom. The van der Waals surface area contributed by atoms with Crippen LogP contribution in [-0.4, -0.2) is 27.8 Å². The van der Waals surface area contributed by atoms with Gasteiger partial charge in [-0.15, -0.1) is 0 Å². The van der Waals surface area contributed by atoms with Crippen LogP contribution in [0, 0.1) is 0 Å². The predicted octanol–water partition coefficient (Wildman–Crippen LogP) is 2.78. The lowest BCUT2D eigenvalue weighted by atomic mass is 9.95. The number of allylic oxidation sites excluding steroid dienone is 1. The van der Waals surface area contributed by atoms with Gasteiger partial charge in [0.25, 0.3) is 0 Å².